The van der Waals surface area contributed by atoms with Crippen molar-refractivity contribution in [3.8, 4) is 5.69 Å². The van der Waals surface area contributed by atoms with Crippen molar-refractivity contribution >= 4 is 17.3 Å². The van der Waals surface area contributed by atoms with E-state index in [0.29, 0.717) is 17.0 Å². The van der Waals surface area contributed by atoms with Crippen molar-refractivity contribution in [1.29, 1.82) is 0 Å². The number of anilines is 1. The molecule has 0 saturated carbocycles. The molecule has 4 rings (SSSR count). The van der Waals surface area contributed by atoms with Crippen LogP contribution in [-0.4, -0.2) is 35.4 Å². The number of piperidine rings is 1. The Bertz CT molecular complexity index is 897. The molecule has 1 atom stereocenters. The fourth-order valence-electron chi connectivity index (χ4n) is 4.56. The molecule has 1 aromatic heterocycles. The van der Waals surface area contributed by atoms with Gasteiger partial charge in [-0.1, -0.05) is 11.6 Å². The van der Waals surface area contributed by atoms with E-state index >= 15 is 0 Å². The van der Waals surface area contributed by atoms with Gasteiger partial charge in [0.15, 0.2) is 0 Å². The second-order valence-corrected chi connectivity index (χ2v) is 8.46. The molecule has 2 fully saturated rings. The molecule has 0 N–H and O–H groups in total. The van der Waals surface area contributed by atoms with Gasteiger partial charge < -0.3 is 9.64 Å². The normalized spacial score (nSPS) is 20.7. The lowest BCUT2D eigenvalue weighted by Crippen LogP contribution is -2.35. The second-order valence-electron chi connectivity index (χ2n) is 8.06. The third kappa shape index (κ3) is 4.11. The molecule has 150 valence electrons. The molecule has 2 saturated heterocycles. The highest BCUT2D eigenvalue weighted by molar-refractivity contribution is 6.33. The van der Waals surface area contributed by atoms with Crippen LogP contribution in [0.3, 0.4) is 0 Å². The van der Waals surface area contributed by atoms with Gasteiger partial charge in [-0.2, -0.15) is 0 Å². The zero-order valence-electron chi connectivity index (χ0n) is 16.7. The maximum Gasteiger partial charge on any atom is 0.258 e. The summed E-state index contributed by atoms with van der Waals surface area (Å²) in [5, 5.41) is 0.682. The van der Waals surface area contributed by atoms with Crippen LogP contribution >= 0.6 is 11.6 Å². The van der Waals surface area contributed by atoms with E-state index in [4.69, 9.17) is 16.3 Å². The van der Waals surface area contributed by atoms with Crippen LogP contribution < -0.4 is 10.5 Å². The van der Waals surface area contributed by atoms with Gasteiger partial charge in [-0.15, -0.1) is 0 Å². The van der Waals surface area contributed by atoms with Gasteiger partial charge in [0.1, 0.15) is 5.82 Å². The second kappa shape index (κ2) is 8.26. The van der Waals surface area contributed by atoms with E-state index in [1.807, 2.05) is 32.0 Å². The molecule has 0 amide bonds. The summed E-state index contributed by atoms with van der Waals surface area (Å²) in [6, 6.07) is 7.42. The van der Waals surface area contributed by atoms with Crippen molar-refractivity contribution in [3.05, 3.63) is 51.2 Å². The highest BCUT2D eigenvalue weighted by atomic mass is 35.5. The predicted molar refractivity (Wildman–Crippen MR) is 113 cm³/mol. The van der Waals surface area contributed by atoms with Gasteiger partial charge in [0, 0.05) is 31.5 Å². The Morgan fingerprint density at radius 1 is 1.18 bits per heavy atom. The van der Waals surface area contributed by atoms with E-state index in [0.717, 1.165) is 42.7 Å². The summed E-state index contributed by atoms with van der Waals surface area (Å²) in [5.41, 5.74) is 2.46. The van der Waals surface area contributed by atoms with Gasteiger partial charge in [0.2, 0.25) is 0 Å². The number of aromatic nitrogens is 2. The number of ether oxygens (including phenoxy) is 1. The summed E-state index contributed by atoms with van der Waals surface area (Å²) in [5.74, 6) is 1.42. The molecule has 0 bridgehead atoms. The number of halogens is 1. The third-order valence-corrected chi connectivity index (χ3v) is 6.28. The van der Waals surface area contributed by atoms with Gasteiger partial charge >= 0.3 is 0 Å². The summed E-state index contributed by atoms with van der Waals surface area (Å²) in [6.45, 7) is 6.64. The highest BCUT2D eigenvalue weighted by Crippen LogP contribution is 2.33. The standard InChI is InChI=1S/C22H28ClN3O2/c1-15-12-22(27)26(16(2)24-15)18-5-6-21(20(23)14-18)25-9-7-17(8-10-25)13-19-4-3-11-28-19/h5-6,12,14,17,19H,3-4,7-11,13H2,1-2H3. The monoisotopic (exact) mass is 401 g/mol. The lowest BCUT2D eigenvalue weighted by Gasteiger charge is -2.35. The third-order valence-electron chi connectivity index (χ3n) is 5.98. The first-order valence-electron chi connectivity index (χ1n) is 10.2. The van der Waals surface area contributed by atoms with Crippen LogP contribution in [0, 0.1) is 19.8 Å². The fourth-order valence-corrected chi connectivity index (χ4v) is 4.85. The van der Waals surface area contributed by atoms with Crippen LogP contribution in [0.25, 0.3) is 5.69 Å². The number of aryl methyl sites for hydroxylation is 2. The molecule has 1 unspecified atom stereocenters. The van der Waals surface area contributed by atoms with Gasteiger partial charge in [-0.25, -0.2) is 4.98 Å². The van der Waals surface area contributed by atoms with Crippen LogP contribution in [0.2, 0.25) is 5.02 Å². The van der Waals surface area contributed by atoms with E-state index in [1.165, 1.54) is 32.1 Å². The quantitative estimate of drug-likeness (QED) is 0.766. The molecule has 1 aromatic carbocycles. The number of nitrogens with zero attached hydrogens (tertiary/aromatic N) is 3. The molecule has 0 radical (unpaired) electrons. The summed E-state index contributed by atoms with van der Waals surface area (Å²) < 4.78 is 7.41. The van der Waals surface area contributed by atoms with Gasteiger partial charge in [-0.3, -0.25) is 9.36 Å². The van der Waals surface area contributed by atoms with Crippen molar-refractivity contribution in [1.82, 2.24) is 9.55 Å². The molecule has 28 heavy (non-hydrogen) atoms. The average molecular weight is 402 g/mol. The Kier molecular flexibility index (Phi) is 5.74. The fraction of sp³-hybridized carbons (Fsp3) is 0.545. The average Bonchev–Trinajstić information content (AvgIpc) is 3.15. The molecular formula is C22H28ClN3O2. The van der Waals surface area contributed by atoms with Gasteiger partial charge in [0.25, 0.3) is 5.56 Å². The predicted octanol–water partition coefficient (Wildman–Crippen LogP) is 4.29. The van der Waals surface area contributed by atoms with Crippen LogP contribution in [0.1, 0.15) is 43.6 Å². The molecule has 5 nitrogen and oxygen atoms in total. The Morgan fingerprint density at radius 2 is 1.96 bits per heavy atom. The Balaban J connectivity index is 1.46. The molecule has 6 heteroatoms. The number of hydrogen-bond donors (Lipinski definition) is 0. The maximum absolute atomic E-state index is 12.4. The number of benzene rings is 1. The highest BCUT2D eigenvalue weighted by Gasteiger charge is 2.25. The minimum Gasteiger partial charge on any atom is -0.378 e. The van der Waals surface area contributed by atoms with E-state index in [-0.39, 0.29) is 5.56 Å². The number of rotatable bonds is 4. The zero-order chi connectivity index (χ0) is 19.7. The summed E-state index contributed by atoms with van der Waals surface area (Å²) in [7, 11) is 0. The van der Waals surface area contributed by atoms with E-state index < -0.39 is 0 Å². The molecular weight excluding hydrogens is 374 g/mol. The van der Waals surface area contributed by atoms with Crippen molar-refractivity contribution < 1.29 is 4.74 Å². The van der Waals surface area contributed by atoms with Crippen LogP contribution in [0.5, 0.6) is 0 Å². The molecule has 0 aliphatic carbocycles. The minimum absolute atomic E-state index is 0.0798. The first-order valence-corrected chi connectivity index (χ1v) is 10.6. The summed E-state index contributed by atoms with van der Waals surface area (Å²) in [6.07, 6.45) is 6.47. The van der Waals surface area contributed by atoms with Crippen LogP contribution in [0.15, 0.2) is 29.1 Å². The Morgan fingerprint density at radius 3 is 2.61 bits per heavy atom. The largest absolute Gasteiger partial charge is 0.378 e. The lowest BCUT2D eigenvalue weighted by molar-refractivity contribution is 0.0855. The molecule has 2 aliphatic heterocycles. The lowest BCUT2D eigenvalue weighted by atomic mass is 9.90. The van der Waals surface area contributed by atoms with Crippen LogP contribution in [-0.2, 0) is 4.74 Å². The molecule has 2 aromatic rings. The summed E-state index contributed by atoms with van der Waals surface area (Å²) in [4.78, 5) is 19.2. The van der Waals surface area contributed by atoms with Crippen molar-refractivity contribution in [2.24, 2.45) is 5.92 Å². The Hall–Kier alpha value is -1.85. The van der Waals surface area contributed by atoms with Crippen molar-refractivity contribution in [2.45, 2.75) is 52.1 Å². The van der Waals surface area contributed by atoms with Crippen LogP contribution in [0.4, 0.5) is 5.69 Å². The smallest absolute Gasteiger partial charge is 0.258 e. The first-order chi connectivity index (χ1) is 13.5. The molecule has 2 aliphatic rings. The first kappa shape index (κ1) is 19.5. The number of hydrogen-bond acceptors (Lipinski definition) is 4. The van der Waals surface area contributed by atoms with E-state index in [9.17, 15) is 4.79 Å². The maximum atomic E-state index is 12.4. The van der Waals surface area contributed by atoms with E-state index in [1.54, 1.807) is 10.6 Å². The van der Waals surface area contributed by atoms with Crippen molar-refractivity contribution in [2.75, 3.05) is 24.6 Å². The topological polar surface area (TPSA) is 47.4 Å². The molecule has 3 heterocycles. The summed E-state index contributed by atoms with van der Waals surface area (Å²) >= 11 is 6.63. The zero-order valence-corrected chi connectivity index (χ0v) is 17.4. The van der Waals surface area contributed by atoms with Gasteiger partial charge in [-0.05, 0) is 70.1 Å². The SMILES string of the molecule is Cc1cc(=O)n(-c2ccc(N3CCC(CC4CCCO4)CC3)c(Cl)c2)c(C)n1. The van der Waals surface area contributed by atoms with Gasteiger partial charge in [0.05, 0.1) is 22.5 Å². The van der Waals surface area contributed by atoms with E-state index in [2.05, 4.69) is 9.88 Å². The molecule has 0 spiro atoms. The minimum atomic E-state index is -0.0798. The Labute approximate surface area is 171 Å². The van der Waals surface area contributed by atoms with Crippen molar-refractivity contribution in [3.63, 3.8) is 0 Å².